The predicted octanol–water partition coefficient (Wildman–Crippen LogP) is 2.99. The molecular weight excluding hydrogens is 270 g/mol. The molecule has 0 amide bonds. The highest BCUT2D eigenvalue weighted by molar-refractivity contribution is 7.15. The number of Topliss-reactive ketones (excluding diaryl/α,β-unsaturated/α-hetero) is 1. The molecule has 3 heterocycles. The maximum atomic E-state index is 11.9. The Morgan fingerprint density at radius 2 is 2.20 bits per heavy atom. The normalized spacial score (nSPS) is 14.8. The third-order valence-corrected chi connectivity index (χ3v) is 4.42. The molecular formula is C15H13N3OS. The van der Waals surface area contributed by atoms with Crippen LogP contribution in [0, 0.1) is 0 Å². The van der Waals surface area contributed by atoms with Gasteiger partial charge >= 0.3 is 0 Å². The zero-order valence-corrected chi connectivity index (χ0v) is 11.6. The van der Waals surface area contributed by atoms with E-state index >= 15 is 0 Å². The Morgan fingerprint density at radius 3 is 3.10 bits per heavy atom. The first-order valence-electron chi connectivity index (χ1n) is 6.59. The minimum Gasteiger partial charge on any atom is -0.365 e. The molecule has 1 aliphatic rings. The van der Waals surface area contributed by atoms with Crippen molar-refractivity contribution in [2.45, 2.75) is 13.0 Å². The van der Waals surface area contributed by atoms with Crippen LogP contribution in [0.1, 0.15) is 22.5 Å². The van der Waals surface area contributed by atoms with Crippen molar-refractivity contribution in [1.29, 1.82) is 0 Å². The number of fused-ring (bicyclic) bond motifs is 2. The van der Waals surface area contributed by atoms with Crippen LogP contribution in [-0.4, -0.2) is 21.7 Å². The largest absolute Gasteiger partial charge is 0.365 e. The highest BCUT2D eigenvalue weighted by Gasteiger charge is 2.23. The third kappa shape index (κ3) is 1.82. The van der Waals surface area contributed by atoms with E-state index in [9.17, 15) is 4.79 Å². The number of rotatable bonds is 2. The van der Waals surface area contributed by atoms with E-state index in [0.717, 1.165) is 35.0 Å². The Bertz CT molecular complexity index is 761. The third-order valence-electron chi connectivity index (χ3n) is 3.65. The molecule has 0 bridgehead atoms. The summed E-state index contributed by atoms with van der Waals surface area (Å²) in [6.07, 6.45) is 4.66. The molecule has 2 aromatic heterocycles. The van der Waals surface area contributed by atoms with Gasteiger partial charge in [0.15, 0.2) is 10.7 Å². The van der Waals surface area contributed by atoms with Crippen LogP contribution in [-0.2, 0) is 6.54 Å². The zero-order chi connectivity index (χ0) is 13.5. The maximum absolute atomic E-state index is 11.9. The molecule has 4 nitrogen and oxygen atoms in total. The Morgan fingerprint density at radius 1 is 1.30 bits per heavy atom. The van der Waals surface area contributed by atoms with Crippen molar-refractivity contribution in [2.75, 3.05) is 11.4 Å². The van der Waals surface area contributed by atoms with E-state index in [1.165, 1.54) is 0 Å². The van der Waals surface area contributed by atoms with E-state index in [4.69, 9.17) is 0 Å². The number of carbonyl (C=O) groups excluding carboxylic acids is 1. The van der Waals surface area contributed by atoms with Gasteiger partial charge in [-0.3, -0.25) is 9.20 Å². The van der Waals surface area contributed by atoms with Gasteiger partial charge in [0.25, 0.3) is 0 Å². The van der Waals surface area contributed by atoms with Crippen molar-refractivity contribution in [1.82, 2.24) is 9.38 Å². The molecule has 0 aliphatic carbocycles. The smallest absolute Gasteiger partial charge is 0.193 e. The molecule has 5 heteroatoms. The first-order valence-corrected chi connectivity index (χ1v) is 7.47. The first kappa shape index (κ1) is 11.7. The second kappa shape index (κ2) is 4.45. The summed E-state index contributed by atoms with van der Waals surface area (Å²) >= 11 is 1.64. The van der Waals surface area contributed by atoms with Crippen LogP contribution < -0.4 is 4.90 Å². The van der Waals surface area contributed by atoms with Gasteiger partial charge in [0, 0.05) is 42.0 Å². The molecule has 100 valence electrons. The molecule has 0 fully saturated rings. The lowest BCUT2D eigenvalue weighted by Gasteiger charge is -2.29. The number of aromatic nitrogens is 2. The van der Waals surface area contributed by atoms with Crippen molar-refractivity contribution in [3.8, 4) is 0 Å². The summed E-state index contributed by atoms with van der Waals surface area (Å²) in [5, 5.41) is 2.03. The van der Waals surface area contributed by atoms with E-state index in [0.29, 0.717) is 6.42 Å². The molecule has 20 heavy (non-hydrogen) atoms. The van der Waals surface area contributed by atoms with Crippen molar-refractivity contribution < 1.29 is 4.79 Å². The monoisotopic (exact) mass is 283 g/mol. The van der Waals surface area contributed by atoms with Gasteiger partial charge in [-0.2, -0.15) is 0 Å². The zero-order valence-electron chi connectivity index (χ0n) is 10.8. The number of benzene rings is 1. The Kier molecular flexibility index (Phi) is 2.60. The quantitative estimate of drug-likeness (QED) is 0.725. The number of anilines is 1. The van der Waals surface area contributed by atoms with E-state index in [-0.39, 0.29) is 5.78 Å². The van der Waals surface area contributed by atoms with E-state index in [1.54, 1.807) is 11.3 Å². The van der Waals surface area contributed by atoms with E-state index < -0.39 is 0 Å². The number of ketones is 1. The number of carbonyl (C=O) groups is 1. The number of hydrogen-bond donors (Lipinski definition) is 0. The van der Waals surface area contributed by atoms with E-state index in [2.05, 4.69) is 16.1 Å². The number of hydrogen-bond acceptors (Lipinski definition) is 4. The van der Waals surface area contributed by atoms with Crippen LogP contribution in [0.15, 0.2) is 42.0 Å². The highest BCUT2D eigenvalue weighted by atomic mass is 32.1. The molecule has 0 spiro atoms. The van der Waals surface area contributed by atoms with Crippen molar-refractivity contribution in [3.05, 3.63) is 53.3 Å². The van der Waals surface area contributed by atoms with Crippen LogP contribution in [0.3, 0.4) is 0 Å². The molecule has 1 aliphatic heterocycles. The van der Waals surface area contributed by atoms with Gasteiger partial charge in [0.05, 0.1) is 12.2 Å². The van der Waals surface area contributed by atoms with Gasteiger partial charge in [-0.05, 0) is 12.1 Å². The minimum atomic E-state index is 0.239. The molecule has 0 radical (unpaired) electrons. The fraction of sp³-hybridized carbons (Fsp3) is 0.200. The molecule has 0 unspecified atom stereocenters. The molecule has 0 saturated heterocycles. The van der Waals surface area contributed by atoms with Gasteiger partial charge in [-0.1, -0.05) is 12.1 Å². The van der Waals surface area contributed by atoms with Crippen LogP contribution in [0.2, 0.25) is 0 Å². The van der Waals surface area contributed by atoms with Crippen molar-refractivity contribution in [3.63, 3.8) is 0 Å². The standard InChI is InChI=1S/C15H13N3OS/c19-14-5-6-17(13-4-2-1-3-12(13)14)9-11-10-18-7-8-20-15(18)16-11/h1-4,7-8,10H,5-6,9H2. The fourth-order valence-electron chi connectivity index (χ4n) is 2.69. The topological polar surface area (TPSA) is 37.6 Å². The summed E-state index contributed by atoms with van der Waals surface area (Å²) in [7, 11) is 0. The molecule has 4 rings (SSSR count). The van der Waals surface area contributed by atoms with Gasteiger partial charge in [0.2, 0.25) is 0 Å². The summed E-state index contributed by atoms with van der Waals surface area (Å²) < 4.78 is 2.04. The van der Waals surface area contributed by atoms with Crippen LogP contribution >= 0.6 is 11.3 Å². The Labute approximate surface area is 120 Å². The van der Waals surface area contributed by atoms with E-state index in [1.807, 2.05) is 40.2 Å². The molecule has 3 aromatic rings. The predicted molar refractivity (Wildman–Crippen MR) is 79.5 cm³/mol. The van der Waals surface area contributed by atoms with Gasteiger partial charge in [0.1, 0.15) is 0 Å². The van der Waals surface area contributed by atoms with Crippen molar-refractivity contribution >= 4 is 27.8 Å². The second-order valence-electron chi connectivity index (χ2n) is 4.94. The lowest BCUT2D eigenvalue weighted by molar-refractivity contribution is 0.0979. The van der Waals surface area contributed by atoms with Gasteiger partial charge < -0.3 is 4.90 Å². The number of imidazole rings is 1. The van der Waals surface area contributed by atoms with Crippen LogP contribution in [0.4, 0.5) is 5.69 Å². The average Bonchev–Trinajstić information content (AvgIpc) is 3.03. The maximum Gasteiger partial charge on any atom is 0.193 e. The molecule has 0 atom stereocenters. The first-order chi connectivity index (χ1) is 9.81. The lowest BCUT2D eigenvalue weighted by atomic mass is 10.0. The summed E-state index contributed by atoms with van der Waals surface area (Å²) in [5.74, 6) is 0.239. The summed E-state index contributed by atoms with van der Waals surface area (Å²) in [6.45, 7) is 1.51. The summed E-state index contributed by atoms with van der Waals surface area (Å²) in [4.78, 5) is 19.8. The number of nitrogens with zero attached hydrogens (tertiary/aromatic N) is 3. The Balaban J connectivity index is 1.68. The van der Waals surface area contributed by atoms with Crippen molar-refractivity contribution in [2.24, 2.45) is 0 Å². The van der Waals surface area contributed by atoms with Crippen LogP contribution in [0.5, 0.6) is 0 Å². The SMILES string of the molecule is O=C1CCN(Cc2cn3ccsc3n2)c2ccccc21. The molecule has 0 N–H and O–H groups in total. The Hall–Kier alpha value is -2.14. The highest BCUT2D eigenvalue weighted by Crippen LogP contribution is 2.28. The van der Waals surface area contributed by atoms with Gasteiger partial charge in [-0.15, -0.1) is 11.3 Å². The fourth-order valence-corrected chi connectivity index (χ4v) is 3.41. The van der Waals surface area contributed by atoms with Gasteiger partial charge in [-0.25, -0.2) is 4.98 Å². The van der Waals surface area contributed by atoms with Crippen LogP contribution in [0.25, 0.3) is 4.96 Å². The molecule has 0 saturated carbocycles. The summed E-state index contributed by atoms with van der Waals surface area (Å²) in [5.41, 5.74) is 2.90. The molecule has 1 aromatic carbocycles. The minimum absolute atomic E-state index is 0.239. The second-order valence-corrected chi connectivity index (χ2v) is 5.81. The average molecular weight is 283 g/mol. The number of para-hydroxylation sites is 1. The number of thiazole rings is 1. The summed E-state index contributed by atoms with van der Waals surface area (Å²) in [6, 6.07) is 7.84. The lowest BCUT2D eigenvalue weighted by Crippen LogP contribution is -2.31.